The van der Waals surface area contributed by atoms with E-state index in [9.17, 15) is 19.2 Å². The molecular weight excluding hydrogens is 436 g/mol. The van der Waals surface area contributed by atoms with Crippen molar-refractivity contribution in [2.75, 3.05) is 32.3 Å². The number of carbonyl (C=O) groups excluding carboxylic acids is 4. The molecule has 1 aliphatic heterocycles. The average Bonchev–Trinajstić information content (AvgIpc) is 3.43. The third kappa shape index (κ3) is 4.87. The van der Waals surface area contributed by atoms with E-state index < -0.39 is 30.1 Å². The van der Waals surface area contributed by atoms with E-state index in [2.05, 4.69) is 0 Å². The lowest BCUT2D eigenvalue weighted by Gasteiger charge is -2.29. The monoisotopic (exact) mass is 460 g/mol. The van der Waals surface area contributed by atoms with E-state index in [1.807, 2.05) is 0 Å². The number of esters is 1. The maximum Gasteiger partial charge on any atom is 0.338 e. The SMILES string of the molecule is CCOC(=O)c1ccc(N2C(=O)CC(N(CC(OC)OC)C(=O)c3cccs3)C2=O)cc1. The van der Waals surface area contributed by atoms with Gasteiger partial charge in [-0.25, -0.2) is 9.69 Å². The van der Waals surface area contributed by atoms with Crippen LogP contribution in [-0.2, 0) is 23.8 Å². The van der Waals surface area contributed by atoms with Crippen LogP contribution in [0.1, 0.15) is 33.4 Å². The predicted molar refractivity (Wildman–Crippen MR) is 116 cm³/mol. The molecule has 10 heteroatoms. The van der Waals surface area contributed by atoms with Gasteiger partial charge in [-0.15, -0.1) is 11.3 Å². The highest BCUT2D eigenvalue weighted by Crippen LogP contribution is 2.28. The molecule has 0 N–H and O–H groups in total. The number of thiophene rings is 1. The molecular formula is C22H24N2O7S. The molecule has 1 aromatic carbocycles. The summed E-state index contributed by atoms with van der Waals surface area (Å²) in [5.74, 6) is -1.85. The number of hydrogen-bond donors (Lipinski definition) is 0. The zero-order chi connectivity index (χ0) is 23.3. The van der Waals surface area contributed by atoms with E-state index in [1.54, 1.807) is 24.4 Å². The smallest absolute Gasteiger partial charge is 0.338 e. The summed E-state index contributed by atoms with van der Waals surface area (Å²) in [4.78, 5) is 53.8. The minimum atomic E-state index is -1.00. The Kier molecular flexibility index (Phi) is 7.73. The lowest BCUT2D eigenvalue weighted by molar-refractivity contribution is -0.128. The molecule has 3 amide bonds. The van der Waals surface area contributed by atoms with Crippen LogP contribution in [0.2, 0.25) is 0 Å². The Morgan fingerprint density at radius 2 is 1.84 bits per heavy atom. The molecule has 1 atom stereocenters. The van der Waals surface area contributed by atoms with Crippen molar-refractivity contribution in [3.63, 3.8) is 0 Å². The first-order valence-corrected chi connectivity index (χ1v) is 10.8. The number of ether oxygens (including phenoxy) is 3. The summed E-state index contributed by atoms with van der Waals surface area (Å²) in [5.41, 5.74) is 0.623. The second-order valence-electron chi connectivity index (χ2n) is 6.89. The summed E-state index contributed by atoms with van der Waals surface area (Å²) >= 11 is 1.24. The van der Waals surface area contributed by atoms with Gasteiger partial charge in [-0.1, -0.05) is 6.07 Å². The lowest BCUT2D eigenvalue weighted by atomic mass is 10.2. The van der Waals surface area contributed by atoms with Crippen LogP contribution in [0.4, 0.5) is 5.69 Å². The Morgan fingerprint density at radius 3 is 2.41 bits per heavy atom. The maximum atomic E-state index is 13.3. The van der Waals surface area contributed by atoms with Gasteiger partial charge in [0.15, 0.2) is 6.29 Å². The predicted octanol–water partition coefficient (Wildman–Crippen LogP) is 2.32. The fourth-order valence-corrected chi connectivity index (χ4v) is 4.07. The van der Waals surface area contributed by atoms with Gasteiger partial charge in [0.2, 0.25) is 5.91 Å². The molecule has 1 fully saturated rings. The Morgan fingerprint density at radius 1 is 1.16 bits per heavy atom. The number of anilines is 1. The molecule has 2 aromatic rings. The fourth-order valence-electron chi connectivity index (χ4n) is 3.39. The second kappa shape index (κ2) is 10.5. The third-order valence-electron chi connectivity index (χ3n) is 5.00. The van der Waals surface area contributed by atoms with Crippen LogP contribution in [0, 0.1) is 0 Å². The third-order valence-corrected chi connectivity index (χ3v) is 5.86. The number of methoxy groups -OCH3 is 2. The van der Waals surface area contributed by atoms with E-state index in [-0.39, 0.29) is 25.5 Å². The molecule has 0 spiro atoms. The Bertz CT molecular complexity index is 971. The van der Waals surface area contributed by atoms with Gasteiger partial charge in [-0.2, -0.15) is 0 Å². The van der Waals surface area contributed by atoms with Gasteiger partial charge >= 0.3 is 5.97 Å². The molecule has 170 valence electrons. The number of benzene rings is 1. The van der Waals surface area contributed by atoms with Crippen molar-refractivity contribution < 1.29 is 33.4 Å². The molecule has 0 aliphatic carbocycles. The summed E-state index contributed by atoms with van der Waals surface area (Å²) in [5, 5.41) is 1.76. The zero-order valence-electron chi connectivity index (χ0n) is 18.0. The number of carbonyl (C=O) groups is 4. The van der Waals surface area contributed by atoms with Crippen molar-refractivity contribution in [1.29, 1.82) is 0 Å². The molecule has 1 unspecified atom stereocenters. The van der Waals surface area contributed by atoms with Crippen molar-refractivity contribution in [3.05, 3.63) is 52.2 Å². The van der Waals surface area contributed by atoms with Crippen molar-refractivity contribution in [2.45, 2.75) is 25.7 Å². The number of amides is 3. The quantitative estimate of drug-likeness (QED) is 0.321. The topological polar surface area (TPSA) is 102 Å². The van der Waals surface area contributed by atoms with E-state index in [0.717, 1.165) is 4.90 Å². The molecule has 32 heavy (non-hydrogen) atoms. The van der Waals surface area contributed by atoms with Crippen molar-refractivity contribution in [2.24, 2.45) is 0 Å². The largest absolute Gasteiger partial charge is 0.462 e. The van der Waals surface area contributed by atoms with Crippen LogP contribution in [0.3, 0.4) is 0 Å². The molecule has 1 aromatic heterocycles. The molecule has 1 saturated heterocycles. The van der Waals surface area contributed by atoms with Gasteiger partial charge in [-0.05, 0) is 42.6 Å². The Balaban J connectivity index is 1.86. The van der Waals surface area contributed by atoms with Crippen molar-refractivity contribution in [3.8, 4) is 0 Å². The molecule has 9 nitrogen and oxygen atoms in total. The van der Waals surface area contributed by atoms with Crippen LogP contribution in [0.25, 0.3) is 0 Å². The second-order valence-corrected chi connectivity index (χ2v) is 7.84. The van der Waals surface area contributed by atoms with E-state index in [4.69, 9.17) is 14.2 Å². The molecule has 0 saturated carbocycles. The highest BCUT2D eigenvalue weighted by Gasteiger charge is 2.45. The number of nitrogens with zero attached hydrogens (tertiary/aromatic N) is 2. The molecule has 2 heterocycles. The van der Waals surface area contributed by atoms with Crippen LogP contribution in [0.15, 0.2) is 41.8 Å². The standard InChI is InChI=1S/C22H24N2O7S/c1-4-31-22(28)14-7-9-15(10-8-14)24-18(25)12-16(20(24)26)23(13-19(29-2)30-3)21(27)17-6-5-11-32-17/h5-11,16,19H,4,12-13H2,1-3H3. The fraction of sp³-hybridized carbons (Fsp3) is 0.364. The normalized spacial score (nSPS) is 16.0. The summed E-state index contributed by atoms with van der Waals surface area (Å²) < 4.78 is 15.4. The summed E-state index contributed by atoms with van der Waals surface area (Å²) in [7, 11) is 2.86. The van der Waals surface area contributed by atoms with Crippen LogP contribution >= 0.6 is 11.3 Å². The summed E-state index contributed by atoms with van der Waals surface area (Å²) in [6.07, 6.45) is -0.935. The van der Waals surface area contributed by atoms with Gasteiger partial charge < -0.3 is 19.1 Å². The van der Waals surface area contributed by atoms with Crippen molar-refractivity contribution in [1.82, 2.24) is 4.90 Å². The number of imide groups is 1. The van der Waals surface area contributed by atoms with Crippen molar-refractivity contribution >= 4 is 40.7 Å². The minimum absolute atomic E-state index is 0.0247. The van der Waals surface area contributed by atoms with Crippen LogP contribution in [0.5, 0.6) is 0 Å². The molecule has 3 rings (SSSR count). The van der Waals surface area contributed by atoms with Crippen LogP contribution in [-0.4, -0.2) is 68.3 Å². The van der Waals surface area contributed by atoms with E-state index >= 15 is 0 Å². The lowest BCUT2D eigenvalue weighted by Crippen LogP contribution is -2.49. The first-order chi connectivity index (χ1) is 15.4. The molecule has 0 bridgehead atoms. The Hall–Kier alpha value is -3.08. The highest BCUT2D eigenvalue weighted by atomic mass is 32.1. The zero-order valence-corrected chi connectivity index (χ0v) is 18.8. The van der Waals surface area contributed by atoms with E-state index in [0.29, 0.717) is 16.1 Å². The average molecular weight is 461 g/mol. The maximum absolute atomic E-state index is 13.3. The highest BCUT2D eigenvalue weighted by molar-refractivity contribution is 7.12. The van der Waals surface area contributed by atoms with Gasteiger partial charge in [-0.3, -0.25) is 14.4 Å². The first kappa shape index (κ1) is 23.6. The molecule has 0 radical (unpaired) electrons. The Labute approximate surface area is 189 Å². The minimum Gasteiger partial charge on any atom is -0.462 e. The van der Waals surface area contributed by atoms with E-state index in [1.165, 1.54) is 54.7 Å². The summed E-state index contributed by atoms with van der Waals surface area (Å²) in [6.45, 7) is 1.92. The summed E-state index contributed by atoms with van der Waals surface area (Å²) in [6, 6.07) is 8.37. The van der Waals surface area contributed by atoms with Crippen LogP contribution < -0.4 is 4.90 Å². The van der Waals surface area contributed by atoms with Gasteiger partial charge in [0.25, 0.3) is 11.8 Å². The van der Waals surface area contributed by atoms with Gasteiger partial charge in [0.1, 0.15) is 6.04 Å². The molecule has 1 aliphatic rings. The van der Waals surface area contributed by atoms with Gasteiger partial charge in [0, 0.05) is 14.2 Å². The number of hydrogen-bond acceptors (Lipinski definition) is 8. The first-order valence-electron chi connectivity index (χ1n) is 9.95. The number of rotatable bonds is 9. The van der Waals surface area contributed by atoms with Gasteiger partial charge in [0.05, 0.1) is 35.7 Å².